The summed E-state index contributed by atoms with van der Waals surface area (Å²) in [6.45, 7) is 8.18. The predicted molar refractivity (Wildman–Crippen MR) is 79.5 cm³/mol. The van der Waals surface area contributed by atoms with Gasteiger partial charge in [0.2, 0.25) is 5.95 Å². The molecule has 1 aromatic heterocycles. The minimum Gasteiger partial charge on any atom is -0.373 e. The van der Waals surface area contributed by atoms with Gasteiger partial charge in [-0.05, 0) is 29.8 Å². The lowest BCUT2D eigenvalue weighted by Crippen LogP contribution is -2.47. The smallest absolute Gasteiger partial charge is 0.225 e. The van der Waals surface area contributed by atoms with Crippen LogP contribution in [-0.4, -0.2) is 60.3 Å². The van der Waals surface area contributed by atoms with Gasteiger partial charge in [0.25, 0.3) is 0 Å². The average Bonchev–Trinajstić information content (AvgIpc) is 2.36. The Morgan fingerprint density at radius 3 is 2.47 bits per heavy atom. The zero-order valence-corrected chi connectivity index (χ0v) is 13.3. The summed E-state index contributed by atoms with van der Waals surface area (Å²) in [5, 5.41) is 0. The zero-order chi connectivity index (χ0) is 13.8. The number of hydrogen-bond donors (Lipinski definition) is 0. The molecule has 2 rings (SSSR count). The van der Waals surface area contributed by atoms with Crippen LogP contribution in [-0.2, 0) is 4.74 Å². The van der Waals surface area contributed by atoms with Crippen molar-refractivity contribution in [2.75, 3.05) is 38.1 Å². The van der Waals surface area contributed by atoms with E-state index in [0.29, 0.717) is 12.2 Å². The molecule has 5 nitrogen and oxygen atoms in total. The molecule has 2 heterocycles. The molecule has 6 heteroatoms. The van der Waals surface area contributed by atoms with E-state index >= 15 is 0 Å². The molecule has 1 aromatic rings. The van der Waals surface area contributed by atoms with Crippen molar-refractivity contribution in [2.45, 2.75) is 26.1 Å². The molecular weight excluding hydrogens is 308 g/mol. The van der Waals surface area contributed by atoms with Gasteiger partial charge in [0.1, 0.15) is 0 Å². The standard InChI is InChI=1S/C13H21BrN4O/c1-10-8-18(9-11(2)19-10)5-4-17(3)13-15-6-12(14)7-16-13/h6-7,10-11H,4-5,8-9H2,1-3H3/t10-,11+. The molecule has 0 spiro atoms. The van der Waals surface area contributed by atoms with Crippen LogP contribution in [0.2, 0.25) is 0 Å². The van der Waals surface area contributed by atoms with Crippen molar-refractivity contribution in [1.82, 2.24) is 14.9 Å². The van der Waals surface area contributed by atoms with Crippen LogP contribution in [0.3, 0.4) is 0 Å². The first-order chi connectivity index (χ1) is 9.04. The first-order valence-electron chi connectivity index (χ1n) is 6.61. The fourth-order valence-electron chi connectivity index (χ4n) is 2.36. The van der Waals surface area contributed by atoms with Gasteiger partial charge in [-0.25, -0.2) is 9.97 Å². The lowest BCUT2D eigenvalue weighted by Gasteiger charge is -2.36. The van der Waals surface area contributed by atoms with E-state index in [0.717, 1.165) is 36.6 Å². The van der Waals surface area contributed by atoms with Crippen molar-refractivity contribution in [3.8, 4) is 0 Å². The second-order valence-corrected chi connectivity index (χ2v) is 6.06. The van der Waals surface area contributed by atoms with Crippen LogP contribution in [0.15, 0.2) is 16.9 Å². The van der Waals surface area contributed by atoms with Crippen molar-refractivity contribution in [2.24, 2.45) is 0 Å². The third-order valence-electron chi connectivity index (χ3n) is 3.19. The Balaban J connectivity index is 1.83. The van der Waals surface area contributed by atoms with Gasteiger partial charge in [-0.2, -0.15) is 0 Å². The lowest BCUT2D eigenvalue weighted by molar-refractivity contribution is -0.0670. The molecule has 1 aliphatic rings. The van der Waals surface area contributed by atoms with Gasteiger partial charge in [-0.3, -0.25) is 4.90 Å². The van der Waals surface area contributed by atoms with Crippen molar-refractivity contribution >= 4 is 21.9 Å². The van der Waals surface area contributed by atoms with Crippen LogP contribution in [0.4, 0.5) is 5.95 Å². The SMILES string of the molecule is C[C@@H]1CN(CCN(C)c2ncc(Br)cn2)C[C@H](C)O1. The first kappa shape index (κ1) is 14.7. The second kappa shape index (κ2) is 6.63. The van der Waals surface area contributed by atoms with Gasteiger partial charge in [-0.15, -0.1) is 0 Å². The molecule has 0 radical (unpaired) electrons. The molecule has 1 aliphatic heterocycles. The number of anilines is 1. The Labute approximate surface area is 123 Å². The summed E-state index contributed by atoms with van der Waals surface area (Å²) in [4.78, 5) is 13.1. The van der Waals surface area contributed by atoms with Crippen molar-refractivity contribution < 1.29 is 4.74 Å². The molecule has 0 amide bonds. The number of morpholine rings is 1. The van der Waals surface area contributed by atoms with Crippen LogP contribution in [0, 0.1) is 0 Å². The number of likely N-dealkylation sites (N-methyl/N-ethyl adjacent to an activating group) is 1. The number of halogens is 1. The number of rotatable bonds is 4. The third-order valence-corrected chi connectivity index (χ3v) is 3.60. The molecule has 1 fully saturated rings. The van der Waals surface area contributed by atoms with E-state index in [1.807, 2.05) is 7.05 Å². The van der Waals surface area contributed by atoms with Crippen molar-refractivity contribution in [3.63, 3.8) is 0 Å². The van der Waals surface area contributed by atoms with Gasteiger partial charge >= 0.3 is 0 Å². The van der Waals surface area contributed by atoms with Crippen molar-refractivity contribution in [1.29, 1.82) is 0 Å². The quantitative estimate of drug-likeness (QED) is 0.842. The van der Waals surface area contributed by atoms with E-state index in [-0.39, 0.29) is 0 Å². The summed E-state index contributed by atoms with van der Waals surface area (Å²) < 4.78 is 6.64. The van der Waals surface area contributed by atoms with Crippen molar-refractivity contribution in [3.05, 3.63) is 16.9 Å². The topological polar surface area (TPSA) is 41.5 Å². The molecule has 0 aliphatic carbocycles. The zero-order valence-electron chi connectivity index (χ0n) is 11.7. The van der Waals surface area contributed by atoms with Gasteiger partial charge < -0.3 is 9.64 Å². The normalized spacial score (nSPS) is 24.4. The summed E-state index contributed by atoms with van der Waals surface area (Å²) in [5.41, 5.74) is 0. The van der Waals surface area contributed by atoms with Crippen LogP contribution < -0.4 is 4.90 Å². The summed E-state index contributed by atoms with van der Waals surface area (Å²) in [5.74, 6) is 0.762. The molecule has 106 valence electrons. The number of ether oxygens (including phenoxy) is 1. The average molecular weight is 329 g/mol. The molecule has 2 atom stereocenters. The Morgan fingerprint density at radius 1 is 1.32 bits per heavy atom. The Hall–Kier alpha value is -0.720. The minimum atomic E-state index is 0.318. The maximum absolute atomic E-state index is 5.74. The molecule has 0 bridgehead atoms. The second-order valence-electron chi connectivity index (χ2n) is 5.14. The maximum atomic E-state index is 5.74. The van der Waals surface area contributed by atoms with Crippen LogP contribution in [0.25, 0.3) is 0 Å². The summed E-state index contributed by atoms with van der Waals surface area (Å²) >= 11 is 3.34. The van der Waals surface area contributed by atoms with E-state index in [4.69, 9.17) is 4.74 Å². The number of aromatic nitrogens is 2. The molecule has 0 unspecified atom stereocenters. The summed E-state index contributed by atoms with van der Waals surface area (Å²) in [6, 6.07) is 0. The summed E-state index contributed by atoms with van der Waals surface area (Å²) in [7, 11) is 2.02. The first-order valence-corrected chi connectivity index (χ1v) is 7.40. The van der Waals surface area contributed by atoms with Crippen LogP contribution in [0.5, 0.6) is 0 Å². The highest BCUT2D eigenvalue weighted by atomic mass is 79.9. The Morgan fingerprint density at radius 2 is 1.89 bits per heavy atom. The molecular formula is C13H21BrN4O. The highest BCUT2D eigenvalue weighted by Crippen LogP contribution is 2.12. The third kappa shape index (κ3) is 4.40. The van der Waals surface area contributed by atoms with Crippen LogP contribution in [0.1, 0.15) is 13.8 Å². The fourth-order valence-corrected chi connectivity index (χ4v) is 2.57. The number of hydrogen-bond acceptors (Lipinski definition) is 5. The van der Waals surface area contributed by atoms with Gasteiger partial charge in [-0.1, -0.05) is 0 Å². The molecule has 19 heavy (non-hydrogen) atoms. The fraction of sp³-hybridized carbons (Fsp3) is 0.692. The van der Waals surface area contributed by atoms with E-state index < -0.39 is 0 Å². The molecule has 0 aromatic carbocycles. The molecule has 0 N–H and O–H groups in total. The van der Waals surface area contributed by atoms with E-state index in [1.165, 1.54) is 0 Å². The van der Waals surface area contributed by atoms with E-state index in [1.54, 1.807) is 12.4 Å². The highest BCUT2D eigenvalue weighted by molar-refractivity contribution is 9.10. The number of nitrogens with zero attached hydrogens (tertiary/aromatic N) is 4. The predicted octanol–water partition coefficient (Wildman–Crippen LogP) is 1.78. The van der Waals surface area contributed by atoms with Gasteiger partial charge in [0, 0.05) is 45.6 Å². The molecule has 1 saturated heterocycles. The highest BCUT2D eigenvalue weighted by Gasteiger charge is 2.22. The Bertz CT molecular complexity index is 390. The Kier molecular flexibility index (Phi) is 5.13. The monoisotopic (exact) mass is 328 g/mol. The minimum absolute atomic E-state index is 0.318. The maximum Gasteiger partial charge on any atom is 0.225 e. The summed E-state index contributed by atoms with van der Waals surface area (Å²) in [6.07, 6.45) is 4.19. The van der Waals surface area contributed by atoms with Gasteiger partial charge in [0.15, 0.2) is 0 Å². The molecule has 0 saturated carbocycles. The van der Waals surface area contributed by atoms with Gasteiger partial charge in [0.05, 0.1) is 16.7 Å². The van der Waals surface area contributed by atoms with E-state index in [2.05, 4.69) is 49.5 Å². The van der Waals surface area contributed by atoms with Crippen LogP contribution >= 0.6 is 15.9 Å². The largest absolute Gasteiger partial charge is 0.373 e. The van der Waals surface area contributed by atoms with E-state index in [9.17, 15) is 0 Å². The lowest BCUT2D eigenvalue weighted by atomic mass is 10.2.